The fraction of sp³-hybridized carbons (Fsp3) is 0.667. The predicted molar refractivity (Wildman–Crippen MR) is 36.1 cm³/mol. The third kappa shape index (κ3) is 1.61. The van der Waals surface area contributed by atoms with E-state index in [0.717, 1.165) is 6.67 Å². The first-order valence-electron chi connectivity index (χ1n) is 2.80. The summed E-state index contributed by atoms with van der Waals surface area (Å²) in [6.07, 6.45) is 2.14. The lowest BCUT2D eigenvalue weighted by Crippen LogP contribution is -2.19. The van der Waals surface area contributed by atoms with E-state index < -0.39 is 0 Å². The lowest BCUT2D eigenvalue weighted by atomic mass is 10.5. The molecule has 3 heteroatoms. The molecule has 0 bridgehead atoms. The van der Waals surface area contributed by atoms with E-state index in [2.05, 4.69) is 37.0 Å². The molecule has 0 aromatic carbocycles. The number of allylic oxidation sites excluding steroid dienone is 1. The fourth-order valence-electron chi connectivity index (χ4n) is 0.904. The molecular weight excluding hydrogens is 116 g/mol. The van der Waals surface area contributed by atoms with E-state index in [-0.39, 0.29) is 5.48 Å². The van der Waals surface area contributed by atoms with Crippen molar-refractivity contribution in [1.29, 1.82) is 0 Å². The summed E-state index contributed by atoms with van der Waals surface area (Å²) < 4.78 is 0. The van der Waals surface area contributed by atoms with Gasteiger partial charge in [0.15, 0.2) is 0 Å². The quantitative estimate of drug-likeness (QED) is 0.478. The lowest BCUT2D eigenvalue weighted by molar-refractivity contribution is 0.328. The molecular formula is C6H13N2O-. The molecule has 3 nitrogen and oxygen atoms in total. The van der Waals surface area contributed by atoms with Crippen LogP contribution in [-0.4, -0.2) is 36.0 Å². The van der Waals surface area contributed by atoms with Crippen molar-refractivity contribution in [3.8, 4) is 0 Å². The van der Waals surface area contributed by atoms with Crippen LogP contribution in [0.1, 0.15) is 6.92 Å². The van der Waals surface area contributed by atoms with Crippen LogP contribution in [0.15, 0.2) is 11.9 Å². The molecule has 1 aliphatic rings. The number of nitrogens with zero attached hydrogens (tertiary/aromatic N) is 2. The molecule has 1 aliphatic heterocycles. The molecule has 0 radical (unpaired) electrons. The highest BCUT2D eigenvalue weighted by atomic mass is 16.0. The molecule has 0 unspecified atom stereocenters. The smallest absolute Gasteiger partial charge is 0.0890 e. The van der Waals surface area contributed by atoms with Crippen molar-refractivity contribution >= 4 is 0 Å². The van der Waals surface area contributed by atoms with E-state index in [1.165, 1.54) is 5.70 Å². The third-order valence-electron chi connectivity index (χ3n) is 1.44. The van der Waals surface area contributed by atoms with Crippen molar-refractivity contribution in [2.45, 2.75) is 6.92 Å². The van der Waals surface area contributed by atoms with Gasteiger partial charge in [-0.15, -0.1) is 0 Å². The summed E-state index contributed by atoms with van der Waals surface area (Å²) in [5, 5.41) is 0. The number of hydrogen-bond acceptors (Lipinski definition) is 3. The zero-order valence-electron chi connectivity index (χ0n) is 6.13. The molecule has 0 spiro atoms. The highest BCUT2D eigenvalue weighted by Crippen LogP contribution is 2.08. The summed E-state index contributed by atoms with van der Waals surface area (Å²) in [5.41, 5.74) is 1.34. The average Bonchev–Trinajstić information content (AvgIpc) is 1.85. The minimum atomic E-state index is 0. The van der Waals surface area contributed by atoms with E-state index in [0.29, 0.717) is 0 Å². The van der Waals surface area contributed by atoms with Crippen LogP contribution in [0.4, 0.5) is 0 Å². The average molecular weight is 129 g/mol. The highest BCUT2D eigenvalue weighted by molar-refractivity contribution is 5.00. The molecule has 0 aromatic rings. The number of hydrogen-bond donors (Lipinski definition) is 0. The van der Waals surface area contributed by atoms with Gasteiger partial charge in [0, 0.05) is 26.0 Å². The van der Waals surface area contributed by atoms with Gasteiger partial charge >= 0.3 is 0 Å². The predicted octanol–water partition coefficient (Wildman–Crippen LogP) is 0.506. The van der Waals surface area contributed by atoms with E-state index in [1.807, 2.05) is 0 Å². The Labute approximate surface area is 55.9 Å². The fourth-order valence-corrected chi connectivity index (χ4v) is 0.904. The minimum Gasteiger partial charge on any atom is -0.870 e. The Morgan fingerprint density at radius 3 is 2.11 bits per heavy atom. The molecule has 0 aromatic heterocycles. The largest absolute Gasteiger partial charge is 0.870 e. The first-order valence-corrected chi connectivity index (χ1v) is 2.80. The molecule has 1 N–H and O–H groups in total. The Morgan fingerprint density at radius 2 is 2.00 bits per heavy atom. The summed E-state index contributed by atoms with van der Waals surface area (Å²) in [5.74, 6) is 0. The van der Waals surface area contributed by atoms with Crippen LogP contribution in [0, 0.1) is 0 Å². The summed E-state index contributed by atoms with van der Waals surface area (Å²) in [6, 6.07) is 0. The van der Waals surface area contributed by atoms with Gasteiger partial charge in [-0.3, -0.25) is 0 Å². The SMILES string of the molecule is CC1=CN(C)CN1C.[OH-]. The van der Waals surface area contributed by atoms with Crippen LogP contribution in [0.3, 0.4) is 0 Å². The second-order valence-electron chi connectivity index (χ2n) is 2.37. The van der Waals surface area contributed by atoms with Gasteiger partial charge in [-0.2, -0.15) is 0 Å². The van der Waals surface area contributed by atoms with Crippen molar-refractivity contribution < 1.29 is 5.48 Å². The van der Waals surface area contributed by atoms with Gasteiger partial charge < -0.3 is 15.3 Å². The Bertz CT molecular complexity index is 122. The van der Waals surface area contributed by atoms with Crippen molar-refractivity contribution in [2.75, 3.05) is 20.8 Å². The van der Waals surface area contributed by atoms with E-state index in [9.17, 15) is 0 Å². The van der Waals surface area contributed by atoms with Gasteiger partial charge in [0.25, 0.3) is 0 Å². The van der Waals surface area contributed by atoms with Gasteiger partial charge in [0.05, 0.1) is 6.67 Å². The molecule has 0 aliphatic carbocycles. The molecule has 1 heterocycles. The van der Waals surface area contributed by atoms with Gasteiger partial charge in [0.2, 0.25) is 0 Å². The van der Waals surface area contributed by atoms with Crippen LogP contribution in [-0.2, 0) is 0 Å². The monoisotopic (exact) mass is 129 g/mol. The third-order valence-corrected chi connectivity index (χ3v) is 1.44. The van der Waals surface area contributed by atoms with Crippen LogP contribution in [0.2, 0.25) is 0 Å². The second-order valence-corrected chi connectivity index (χ2v) is 2.37. The van der Waals surface area contributed by atoms with Crippen LogP contribution >= 0.6 is 0 Å². The first-order chi connectivity index (χ1) is 3.70. The molecule has 9 heavy (non-hydrogen) atoms. The van der Waals surface area contributed by atoms with E-state index in [4.69, 9.17) is 0 Å². The van der Waals surface area contributed by atoms with Crippen molar-refractivity contribution in [3.63, 3.8) is 0 Å². The van der Waals surface area contributed by atoms with Crippen molar-refractivity contribution in [2.24, 2.45) is 0 Å². The summed E-state index contributed by atoms with van der Waals surface area (Å²) >= 11 is 0. The normalized spacial score (nSPS) is 17.4. The van der Waals surface area contributed by atoms with Gasteiger partial charge in [0.1, 0.15) is 0 Å². The molecule has 0 saturated carbocycles. The summed E-state index contributed by atoms with van der Waals surface area (Å²) in [4.78, 5) is 4.37. The molecule has 0 amide bonds. The molecule has 0 atom stereocenters. The maximum atomic E-state index is 2.21. The van der Waals surface area contributed by atoms with Crippen molar-refractivity contribution in [3.05, 3.63) is 11.9 Å². The van der Waals surface area contributed by atoms with E-state index in [1.54, 1.807) is 0 Å². The zero-order valence-corrected chi connectivity index (χ0v) is 6.13. The van der Waals surface area contributed by atoms with Crippen molar-refractivity contribution in [1.82, 2.24) is 9.80 Å². The second kappa shape index (κ2) is 2.73. The van der Waals surface area contributed by atoms with Crippen LogP contribution < -0.4 is 0 Å². The maximum Gasteiger partial charge on any atom is 0.0890 e. The first kappa shape index (κ1) is 8.30. The minimum absolute atomic E-state index is 0. The van der Waals surface area contributed by atoms with Gasteiger partial charge in [-0.05, 0) is 6.92 Å². The molecule has 0 fully saturated rings. The van der Waals surface area contributed by atoms with Gasteiger partial charge in [-0.25, -0.2) is 0 Å². The van der Waals surface area contributed by atoms with E-state index >= 15 is 0 Å². The molecule has 1 rings (SSSR count). The molecule has 54 valence electrons. The Balaban J connectivity index is 0.000000640. The Morgan fingerprint density at radius 1 is 1.44 bits per heavy atom. The summed E-state index contributed by atoms with van der Waals surface area (Å²) in [6.45, 7) is 3.15. The standard InChI is InChI=1S/C6H12N2.H2O/c1-6-4-7(2)5-8(6)3;/h4H,5H2,1-3H3;1H2/p-1. The van der Waals surface area contributed by atoms with Crippen LogP contribution in [0.5, 0.6) is 0 Å². The maximum absolute atomic E-state index is 2.21. The molecule has 0 saturated heterocycles. The number of rotatable bonds is 0. The Hall–Kier alpha value is -0.700. The van der Waals surface area contributed by atoms with Crippen LogP contribution in [0.25, 0.3) is 0 Å². The summed E-state index contributed by atoms with van der Waals surface area (Å²) in [7, 11) is 4.17. The lowest BCUT2D eigenvalue weighted by Gasteiger charge is -2.13. The highest BCUT2D eigenvalue weighted by Gasteiger charge is 2.07. The van der Waals surface area contributed by atoms with Gasteiger partial charge in [-0.1, -0.05) is 0 Å². The Kier molecular flexibility index (Phi) is 2.52. The topological polar surface area (TPSA) is 36.5 Å². The zero-order chi connectivity index (χ0) is 6.15.